The van der Waals surface area contributed by atoms with Gasteiger partial charge in [0.1, 0.15) is 5.60 Å². The van der Waals surface area contributed by atoms with Crippen LogP contribution in [0.5, 0.6) is 0 Å². The maximum atomic E-state index is 12.8. The molecule has 0 heterocycles. The Morgan fingerprint density at radius 1 is 1.11 bits per heavy atom. The summed E-state index contributed by atoms with van der Waals surface area (Å²) in [4.78, 5) is 26.2. The molecule has 0 spiro atoms. The molecule has 2 rings (SSSR count). The highest BCUT2D eigenvalue weighted by Crippen LogP contribution is 2.29. The molecule has 0 bridgehead atoms. The number of amides is 1. The second-order valence-electron chi connectivity index (χ2n) is 8.15. The lowest BCUT2D eigenvalue weighted by Gasteiger charge is -2.37. The van der Waals surface area contributed by atoms with Crippen LogP contribution in [-0.4, -0.2) is 47.4 Å². The summed E-state index contributed by atoms with van der Waals surface area (Å²) in [5, 5.41) is 9.36. The van der Waals surface area contributed by atoms with E-state index in [2.05, 4.69) is 0 Å². The summed E-state index contributed by atoms with van der Waals surface area (Å²) in [6, 6.07) is 7.17. The van der Waals surface area contributed by atoms with Crippen molar-refractivity contribution in [2.24, 2.45) is 5.92 Å². The first kappa shape index (κ1) is 21.2. The van der Waals surface area contributed by atoms with Gasteiger partial charge in [-0.1, -0.05) is 12.1 Å². The summed E-state index contributed by atoms with van der Waals surface area (Å²) in [6.07, 6.45) is 3.19. The van der Waals surface area contributed by atoms with Gasteiger partial charge in [0, 0.05) is 19.2 Å². The molecule has 27 heavy (non-hydrogen) atoms. The molecule has 0 radical (unpaired) electrons. The van der Waals surface area contributed by atoms with Crippen LogP contribution in [-0.2, 0) is 16.0 Å². The molecule has 1 aromatic carbocycles. The van der Waals surface area contributed by atoms with Crippen LogP contribution in [0.15, 0.2) is 24.3 Å². The second-order valence-corrected chi connectivity index (χ2v) is 8.15. The van der Waals surface area contributed by atoms with Gasteiger partial charge < -0.3 is 19.5 Å². The van der Waals surface area contributed by atoms with Gasteiger partial charge in [0.05, 0.1) is 12.7 Å². The van der Waals surface area contributed by atoms with Crippen LogP contribution in [0.25, 0.3) is 0 Å². The number of rotatable bonds is 5. The van der Waals surface area contributed by atoms with Crippen molar-refractivity contribution in [1.82, 2.24) is 4.90 Å². The number of nitrogens with zero attached hydrogens (tertiary/aromatic N) is 1. The van der Waals surface area contributed by atoms with Crippen LogP contribution >= 0.6 is 0 Å². The monoisotopic (exact) mass is 377 g/mol. The number of carbonyl (C=O) groups excluding carboxylic acids is 2. The lowest BCUT2D eigenvalue weighted by atomic mass is 9.86. The van der Waals surface area contributed by atoms with Crippen LogP contribution in [0, 0.1) is 5.92 Å². The van der Waals surface area contributed by atoms with Gasteiger partial charge in [-0.15, -0.1) is 0 Å². The molecule has 1 fully saturated rings. The lowest BCUT2D eigenvalue weighted by Crippen LogP contribution is -2.44. The molecule has 0 atom stereocenters. The van der Waals surface area contributed by atoms with Crippen molar-refractivity contribution in [3.63, 3.8) is 0 Å². The Morgan fingerprint density at radius 2 is 1.70 bits per heavy atom. The average molecular weight is 377 g/mol. The highest BCUT2D eigenvalue weighted by atomic mass is 16.6. The number of esters is 1. The van der Waals surface area contributed by atoms with E-state index in [0.29, 0.717) is 18.0 Å². The van der Waals surface area contributed by atoms with E-state index in [0.717, 1.165) is 31.2 Å². The first-order valence-electron chi connectivity index (χ1n) is 9.51. The summed E-state index contributed by atoms with van der Waals surface area (Å²) in [7, 11) is 1.35. The lowest BCUT2D eigenvalue weighted by molar-refractivity contribution is 0.00668. The SMILES string of the molecule is COC(=O)c1ccc(CN(C(=O)OC(C)(C)C)[C@H]2CC[C@H](CO)CC2)cc1. The Bertz CT molecular complexity index is 627. The quantitative estimate of drug-likeness (QED) is 0.791. The third kappa shape index (κ3) is 6.24. The molecular weight excluding hydrogens is 346 g/mol. The molecule has 1 saturated carbocycles. The van der Waals surface area contributed by atoms with Gasteiger partial charge in [0.15, 0.2) is 0 Å². The van der Waals surface area contributed by atoms with Crippen LogP contribution < -0.4 is 0 Å². The Hall–Kier alpha value is -2.08. The zero-order valence-corrected chi connectivity index (χ0v) is 16.7. The summed E-state index contributed by atoms with van der Waals surface area (Å²) in [6.45, 7) is 6.20. The maximum Gasteiger partial charge on any atom is 0.410 e. The normalized spacial score (nSPS) is 20.0. The fourth-order valence-corrected chi connectivity index (χ4v) is 3.36. The van der Waals surface area contributed by atoms with Gasteiger partial charge in [-0.2, -0.15) is 0 Å². The Kier molecular flexibility index (Phi) is 7.25. The first-order chi connectivity index (χ1) is 12.7. The maximum absolute atomic E-state index is 12.8. The Morgan fingerprint density at radius 3 is 2.19 bits per heavy atom. The third-order valence-electron chi connectivity index (χ3n) is 4.87. The number of aliphatic hydroxyl groups is 1. The molecule has 1 aromatic rings. The molecule has 0 saturated heterocycles. The molecule has 0 aromatic heterocycles. The number of ether oxygens (including phenoxy) is 2. The Labute approximate surface area is 161 Å². The van der Waals surface area contributed by atoms with Gasteiger partial charge in [-0.05, 0) is 70.1 Å². The van der Waals surface area contributed by atoms with Crippen molar-refractivity contribution in [3.8, 4) is 0 Å². The molecule has 1 aliphatic rings. The number of aliphatic hydroxyl groups excluding tert-OH is 1. The van der Waals surface area contributed by atoms with Crippen molar-refractivity contribution in [1.29, 1.82) is 0 Å². The minimum absolute atomic E-state index is 0.0860. The molecule has 1 N–H and O–H groups in total. The predicted octanol–water partition coefficient (Wildman–Crippen LogP) is 3.76. The number of hydrogen-bond acceptors (Lipinski definition) is 5. The molecular formula is C21H31NO5. The summed E-state index contributed by atoms with van der Waals surface area (Å²) >= 11 is 0. The fourth-order valence-electron chi connectivity index (χ4n) is 3.36. The van der Waals surface area contributed by atoms with E-state index in [4.69, 9.17) is 9.47 Å². The number of carbonyl (C=O) groups is 2. The largest absolute Gasteiger partial charge is 0.465 e. The summed E-state index contributed by atoms with van der Waals surface area (Å²) < 4.78 is 10.3. The standard InChI is InChI=1S/C21H31NO5/c1-21(2,3)27-20(25)22(18-11-7-16(14-23)8-12-18)13-15-5-9-17(10-6-15)19(24)26-4/h5-6,9-10,16,18,23H,7-8,11-14H2,1-4H3/t16-,18-. The smallest absolute Gasteiger partial charge is 0.410 e. The second kappa shape index (κ2) is 9.22. The summed E-state index contributed by atoms with van der Waals surface area (Å²) in [5.41, 5.74) is 0.846. The highest BCUT2D eigenvalue weighted by Gasteiger charge is 2.31. The van der Waals surface area contributed by atoms with Crippen molar-refractivity contribution in [3.05, 3.63) is 35.4 Å². The van der Waals surface area contributed by atoms with Gasteiger partial charge in [-0.25, -0.2) is 9.59 Å². The molecule has 6 nitrogen and oxygen atoms in total. The van der Waals surface area contributed by atoms with Crippen LogP contribution in [0.4, 0.5) is 4.79 Å². The molecule has 1 amide bonds. The van der Waals surface area contributed by atoms with E-state index in [1.165, 1.54) is 7.11 Å². The van der Waals surface area contributed by atoms with Crippen LogP contribution in [0.3, 0.4) is 0 Å². The van der Waals surface area contributed by atoms with E-state index >= 15 is 0 Å². The summed E-state index contributed by atoms with van der Waals surface area (Å²) in [5.74, 6) is -0.0612. The molecule has 150 valence electrons. The van der Waals surface area contributed by atoms with E-state index in [1.54, 1.807) is 17.0 Å². The molecule has 0 unspecified atom stereocenters. The van der Waals surface area contributed by atoms with Crippen molar-refractivity contribution >= 4 is 12.1 Å². The molecule has 6 heteroatoms. The van der Waals surface area contributed by atoms with Gasteiger partial charge in [0.2, 0.25) is 0 Å². The van der Waals surface area contributed by atoms with E-state index in [1.807, 2.05) is 32.9 Å². The fraction of sp³-hybridized carbons (Fsp3) is 0.619. The van der Waals surface area contributed by atoms with Gasteiger partial charge >= 0.3 is 12.1 Å². The van der Waals surface area contributed by atoms with E-state index in [9.17, 15) is 14.7 Å². The zero-order valence-electron chi connectivity index (χ0n) is 16.7. The van der Waals surface area contributed by atoms with Crippen molar-refractivity contribution < 1.29 is 24.2 Å². The van der Waals surface area contributed by atoms with E-state index in [-0.39, 0.29) is 24.7 Å². The topological polar surface area (TPSA) is 76.1 Å². The van der Waals surface area contributed by atoms with Crippen molar-refractivity contribution in [2.75, 3.05) is 13.7 Å². The van der Waals surface area contributed by atoms with Crippen molar-refractivity contribution in [2.45, 2.75) is 64.6 Å². The highest BCUT2D eigenvalue weighted by molar-refractivity contribution is 5.89. The van der Waals surface area contributed by atoms with Crippen LogP contribution in [0.2, 0.25) is 0 Å². The number of benzene rings is 1. The van der Waals surface area contributed by atoms with Gasteiger partial charge in [-0.3, -0.25) is 0 Å². The van der Waals surface area contributed by atoms with Gasteiger partial charge in [0.25, 0.3) is 0 Å². The number of hydrogen-bond donors (Lipinski definition) is 1. The minimum atomic E-state index is -0.563. The molecule has 1 aliphatic carbocycles. The van der Waals surface area contributed by atoms with E-state index < -0.39 is 5.60 Å². The van der Waals surface area contributed by atoms with Crippen LogP contribution in [0.1, 0.15) is 62.4 Å². The third-order valence-corrected chi connectivity index (χ3v) is 4.87. The average Bonchev–Trinajstić information content (AvgIpc) is 2.64. The molecule has 0 aliphatic heterocycles. The Balaban J connectivity index is 2.14. The zero-order chi connectivity index (χ0) is 20.0. The number of methoxy groups -OCH3 is 1. The minimum Gasteiger partial charge on any atom is -0.465 e. The first-order valence-corrected chi connectivity index (χ1v) is 9.51. The predicted molar refractivity (Wildman–Crippen MR) is 102 cm³/mol.